The van der Waals surface area contributed by atoms with Crippen LogP contribution in [0.5, 0.6) is 0 Å². The van der Waals surface area contributed by atoms with Gasteiger partial charge in [0.2, 0.25) is 0 Å². The summed E-state index contributed by atoms with van der Waals surface area (Å²) < 4.78 is 0. The maximum atomic E-state index is 5.91. The third-order valence-electron chi connectivity index (χ3n) is 1.50. The molecule has 13 heavy (non-hydrogen) atoms. The molecule has 0 saturated carbocycles. The summed E-state index contributed by atoms with van der Waals surface area (Å²) in [6.07, 6.45) is 7.62. The summed E-state index contributed by atoms with van der Waals surface area (Å²) in [5.74, 6) is 0. The van der Waals surface area contributed by atoms with E-state index in [4.69, 9.17) is 17.3 Å². The van der Waals surface area contributed by atoms with Gasteiger partial charge in [0.15, 0.2) is 0 Å². The van der Waals surface area contributed by atoms with Crippen LogP contribution in [0.1, 0.15) is 26.7 Å². The fourth-order valence-electron chi connectivity index (χ4n) is 0.793. The van der Waals surface area contributed by atoms with Gasteiger partial charge in [-0.1, -0.05) is 37.1 Å². The summed E-state index contributed by atoms with van der Waals surface area (Å²) >= 11 is 5.91. The molecule has 0 aliphatic carbocycles. The van der Waals surface area contributed by atoms with E-state index in [1.54, 1.807) is 6.20 Å². The highest BCUT2D eigenvalue weighted by Gasteiger charge is 1.99. The highest BCUT2D eigenvalue weighted by atomic mass is 35.5. The third kappa shape index (κ3) is 5.61. The molecule has 0 fully saturated rings. The van der Waals surface area contributed by atoms with Crippen LogP contribution in [0, 0.1) is 0 Å². The van der Waals surface area contributed by atoms with Crippen LogP contribution in [-0.4, -0.2) is 11.7 Å². The molecule has 0 aromatic rings. The summed E-state index contributed by atoms with van der Waals surface area (Å²) in [6.45, 7) is 4.45. The van der Waals surface area contributed by atoms with Gasteiger partial charge in [0.25, 0.3) is 0 Å². The monoisotopic (exact) mass is 200 g/mol. The van der Waals surface area contributed by atoms with E-state index in [0.717, 1.165) is 18.4 Å². The van der Waals surface area contributed by atoms with Gasteiger partial charge in [0, 0.05) is 12.7 Å². The minimum atomic E-state index is 0.444. The molecular formula is C10H17ClN2. The van der Waals surface area contributed by atoms with Gasteiger partial charge < -0.3 is 5.73 Å². The molecule has 0 aliphatic rings. The first-order chi connectivity index (χ1) is 6.26. The highest BCUT2D eigenvalue weighted by molar-refractivity contribution is 6.69. The Bertz CT molecular complexity index is 217. The number of rotatable bonds is 5. The fraction of sp³-hybridized carbons (Fsp3) is 0.500. The summed E-state index contributed by atoms with van der Waals surface area (Å²) in [7, 11) is 0. The van der Waals surface area contributed by atoms with Crippen molar-refractivity contribution in [2.45, 2.75) is 26.7 Å². The highest BCUT2D eigenvalue weighted by Crippen LogP contribution is 2.04. The van der Waals surface area contributed by atoms with Gasteiger partial charge in [0.05, 0.1) is 0 Å². The van der Waals surface area contributed by atoms with Gasteiger partial charge in [-0.2, -0.15) is 0 Å². The molecule has 0 aromatic heterocycles. The molecule has 0 bridgehead atoms. The average molecular weight is 201 g/mol. The number of unbranched alkanes of at least 4 members (excludes halogenated alkanes) is 1. The van der Waals surface area contributed by atoms with Crippen LogP contribution in [0.15, 0.2) is 28.9 Å². The Balaban J connectivity index is 4.38. The minimum absolute atomic E-state index is 0.444. The minimum Gasteiger partial charge on any atom is -0.326 e. The second-order valence-corrected chi connectivity index (χ2v) is 2.98. The molecule has 0 saturated heterocycles. The lowest BCUT2D eigenvalue weighted by atomic mass is 10.2. The molecule has 0 atom stereocenters. The van der Waals surface area contributed by atoms with Gasteiger partial charge >= 0.3 is 0 Å². The predicted octanol–water partition coefficient (Wildman–Crippen LogP) is 2.84. The Labute approximate surface area is 85.2 Å². The maximum Gasteiger partial charge on any atom is 0.133 e. The number of nitrogens with zero attached hydrogens (tertiary/aromatic N) is 1. The van der Waals surface area contributed by atoms with E-state index in [0.29, 0.717) is 11.7 Å². The van der Waals surface area contributed by atoms with Gasteiger partial charge in [-0.25, -0.2) is 4.99 Å². The van der Waals surface area contributed by atoms with E-state index in [1.165, 1.54) is 0 Å². The number of hydrogen-bond donors (Lipinski definition) is 1. The van der Waals surface area contributed by atoms with E-state index in [2.05, 4.69) is 11.9 Å². The molecule has 2 nitrogen and oxygen atoms in total. The second-order valence-electron chi connectivity index (χ2n) is 2.62. The van der Waals surface area contributed by atoms with E-state index < -0.39 is 0 Å². The molecule has 0 spiro atoms. The number of allylic oxidation sites excluding steroid dienone is 2. The molecule has 0 rings (SSSR count). The van der Waals surface area contributed by atoms with Crippen LogP contribution in [-0.2, 0) is 0 Å². The van der Waals surface area contributed by atoms with E-state index in [1.807, 2.05) is 19.1 Å². The van der Waals surface area contributed by atoms with Crippen LogP contribution >= 0.6 is 11.6 Å². The first-order valence-corrected chi connectivity index (χ1v) is 4.88. The van der Waals surface area contributed by atoms with Crippen molar-refractivity contribution in [3.63, 3.8) is 0 Å². The Hall–Kier alpha value is -0.600. The summed E-state index contributed by atoms with van der Waals surface area (Å²) in [5.41, 5.74) is 6.45. The summed E-state index contributed by atoms with van der Waals surface area (Å²) in [4.78, 5) is 4.02. The molecule has 3 heteroatoms. The van der Waals surface area contributed by atoms with E-state index in [9.17, 15) is 0 Å². The largest absolute Gasteiger partial charge is 0.326 e. The Kier molecular flexibility index (Phi) is 7.65. The number of hydrogen-bond acceptors (Lipinski definition) is 2. The van der Waals surface area contributed by atoms with E-state index in [-0.39, 0.29) is 0 Å². The molecule has 0 aromatic carbocycles. The van der Waals surface area contributed by atoms with Crippen LogP contribution in [0.2, 0.25) is 0 Å². The van der Waals surface area contributed by atoms with Gasteiger partial charge in [-0.15, -0.1) is 0 Å². The van der Waals surface area contributed by atoms with Crippen LogP contribution in [0.25, 0.3) is 0 Å². The second kappa shape index (κ2) is 8.02. The Morgan fingerprint density at radius 3 is 2.69 bits per heavy atom. The zero-order chi connectivity index (χ0) is 10.1. The van der Waals surface area contributed by atoms with Crippen molar-refractivity contribution in [2.24, 2.45) is 10.7 Å². The van der Waals surface area contributed by atoms with Crippen molar-refractivity contribution in [1.29, 1.82) is 0 Å². The fourth-order valence-corrected chi connectivity index (χ4v) is 1.00. The standard InChI is InChI=1S/C10H17ClN2/c1-3-5-6-9(8-12)10(11)13-7-4-2/h4,6-7H,3,5,8,12H2,1-2H3/b7-4-,9-6+,13-10+. The van der Waals surface area contributed by atoms with Crippen molar-refractivity contribution in [3.05, 3.63) is 23.9 Å². The summed E-state index contributed by atoms with van der Waals surface area (Å²) in [5, 5.41) is 0.494. The molecule has 0 radical (unpaired) electrons. The van der Waals surface area contributed by atoms with Gasteiger partial charge in [-0.3, -0.25) is 0 Å². The molecular weight excluding hydrogens is 184 g/mol. The molecule has 0 amide bonds. The molecule has 0 heterocycles. The lowest BCUT2D eigenvalue weighted by Gasteiger charge is -2.00. The van der Waals surface area contributed by atoms with Gasteiger partial charge in [0.1, 0.15) is 5.17 Å². The topological polar surface area (TPSA) is 38.4 Å². The number of aliphatic imine (C=N–C) groups is 1. The molecule has 74 valence electrons. The zero-order valence-electron chi connectivity index (χ0n) is 8.26. The lowest BCUT2D eigenvalue weighted by Crippen LogP contribution is -2.08. The van der Waals surface area contributed by atoms with Crippen molar-refractivity contribution in [1.82, 2.24) is 0 Å². The number of halogens is 1. The molecule has 2 N–H and O–H groups in total. The first-order valence-electron chi connectivity index (χ1n) is 4.50. The summed E-state index contributed by atoms with van der Waals surface area (Å²) in [6, 6.07) is 0. The molecule has 0 unspecified atom stereocenters. The van der Waals surface area contributed by atoms with Crippen LogP contribution < -0.4 is 5.73 Å². The smallest absolute Gasteiger partial charge is 0.133 e. The van der Waals surface area contributed by atoms with Gasteiger partial charge in [-0.05, 0) is 18.9 Å². The molecule has 0 aliphatic heterocycles. The van der Waals surface area contributed by atoms with Crippen molar-refractivity contribution >= 4 is 16.8 Å². The normalized spacial score (nSPS) is 14.2. The average Bonchev–Trinajstić information content (AvgIpc) is 2.16. The maximum absolute atomic E-state index is 5.91. The van der Waals surface area contributed by atoms with E-state index >= 15 is 0 Å². The lowest BCUT2D eigenvalue weighted by molar-refractivity contribution is 0.949. The zero-order valence-corrected chi connectivity index (χ0v) is 9.01. The Morgan fingerprint density at radius 1 is 1.54 bits per heavy atom. The Morgan fingerprint density at radius 2 is 2.23 bits per heavy atom. The quantitative estimate of drug-likeness (QED) is 0.681. The van der Waals surface area contributed by atoms with Crippen molar-refractivity contribution in [3.8, 4) is 0 Å². The van der Waals surface area contributed by atoms with Crippen molar-refractivity contribution < 1.29 is 0 Å². The van der Waals surface area contributed by atoms with Crippen LogP contribution in [0.3, 0.4) is 0 Å². The van der Waals surface area contributed by atoms with Crippen molar-refractivity contribution in [2.75, 3.05) is 6.54 Å². The SMILES string of the molecule is C\C=C/N=C(Cl)\C(=C\CCC)CN. The number of nitrogens with two attached hydrogens (primary N) is 1. The first kappa shape index (κ1) is 12.4. The third-order valence-corrected chi connectivity index (χ3v) is 1.84. The predicted molar refractivity (Wildman–Crippen MR) is 60.1 cm³/mol. The van der Waals surface area contributed by atoms with Crippen LogP contribution in [0.4, 0.5) is 0 Å².